The molecule has 0 aliphatic rings. The number of aryl methyl sites for hydroxylation is 1. The summed E-state index contributed by atoms with van der Waals surface area (Å²) in [6, 6.07) is 19.7. The van der Waals surface area contributed by atoms with Crippen LogP contribution in [0.15, 0.2) is 67.0 Å². The van der Waals surface area contributed by atoms with E-state index >= 15 is 0 Å². The topological polar surface area (TPSA) is 61.6 Å². The van der Waals surface area contributed by atoms with Crippen LogP contribution < -0.4 is 5.32 Å². The Labute approximate surface area is 135 Å². The summed E-state index contributed by atoms with van der Waals surface area (Å²) < 4.78 is 0. The minimum absolute atomic E-state index is 0.0779. The molecule has 4 nitrogen and oxygen atoms in total. The van der Waals surface area contributed by atoms with Gasteiger partial charge in [0.05, 0.1) is 23.6 Å². The van der Waals surface area contributed by atoms with Gasteiger partial charge >= 0.3 is 0 Å². The maximum absolute atomic E-state index is 8.85. The monoisotopic (exact) mass is 300 g/mol. The molecule has 1 N–H and O–H groups in total. The second-order valence-corrected chi connectivity index (χ2v) is 5.29. The van der Waals surface area contributed by atoms with Crippen molar-refractivity contribution < 1.29 is 0 Å². The molecule has 112 valence electrons. The van der Waals surface area contributed by atoms with Gasteiger partial charge in [-0.05, 0) is 36.8 Å². The number of hydrogen-bond acceptors (Lipinski definition) is 4. The first-order valence-corrected chi connectivity index (χ1v) is 7.36. The lowest BCUT2D eigenvalue weighted by Gasteiger charge is -2.20. The van der Waals surface area contributed by atoms with E-state index in [1.165, 1.54) is 5.56 Å². The lowest BCUT2D eigenvalue weighted by atomic mass is 10.0. The molecule has 0 amide bonds. The number of aromatic nitrogens is 2. The molecule has 0 aliphatic heterocycles. The number of benzene rings is 1. The molecule has 3 aromatic rings. The fraction of sp³-hybridized carbons (Fsp3) is 0.105. The highest BCUT2D eigenvalue weighted by Crippen LogP contribution is 2.25. The molecule has 4 heteroatoms. The normalized spacial score (nSPS) is 11.5. The fourth-order valence-electron chi connectivity index (χ4n) is 2.44. The summed E-state index contributed by atoms with van der Waals surface area (Å²) in [4.78, 5) is 8.59. The number of rotatable bonds is 4. The van der Waals surface area contributed by atoms with Gasteiger partial charge in [0.25, 0.3) is 0 Å². The Morgan fingerprint density at radius 1 is 1.04 bits per heavy atom. The number of nitrogens with zero attached hydrogens (tertiary/aromatic N) is 3. The summed E-state index contributed by atoms with van der Waals surface area (Å²) in [6.07, 6.45) is 3.46. The number of hydrogen-bond donors (Lipinski definition) is 1. The van der Waals surface area contributed by atoms with Crippen molar-refractivity contribution in [2.24, 2.45) is 0 Å². The molecular weight excluding hydrogens is 284 g/mol. The molecule has 0 fully saturated rings. The van der Waals surface area contributed by atoms with Crippen molar-refractivity contribution in [3.05, 3.63) is 89.5 Å². The Morgan fingerprint density at radius 3 is 2.61 bits per heavy atom. The van der Waals surface area contributed by atoms with Gasteiger partial charge in [-0.3, -0.25) is 4.98 Å². The van der Waals surface area contributed by atoms with Crippen molar-refractivity contribution >= 4 is 5.69 Å². The Morgan fingerprint density at radius 2 is 1.96 bits per heavy atom. The van der Waals surface area contributed by atoms with E-state index in [4.69, 9.17) is 5.26 Å². The highest BCUT2D eigenvalue weighted by atomic mass is 15.0. The standard InChI is InChI=1S/C19H16N4/c1-14-5-4-6-15(11-14)19(18-7-2-3-10-21-18)23-17-9-8-16(12-20)22-13-17/h2-11,13,19,23H,1H3/t19-/m0/s1. The molecule has 1 aromatic carbocycles. The summed E-state index contributed by atoms with van der Waals surface area (Å²) in [5.74, 6) is 0. The van der Waals surface area contributed by atoms with Crippen molar-refractivity contribution in [2.45, 2.75) is 13.0 Å². The third-order valence-corrected chi connectivity index (χ3v) is 3.55. The first kappa shape index (κ1) is 14.7. The molecular formula is C19H16N4. The van der Waals surface area contributed by atoms with Crippen LogP contribution in [0.4, 0.5) is 5.69 Å². The molecule has 2 aromatic heterocycles. The van der Waals surface area contributed by atoms with Gasteiger partial charge in [-0.1, -0.05) is 35.9 Å². The van der Waals surface area contributed by atoms with Crippen LogP contribution in [0.25, 0.3) is 0 Å². The third-order valence-electron chi connectivity index (χ3n) is 3.55. The van der Waals surface area contributed by atoms with Crippen LogP contribution in [0, 0.1) is 18.3 Å². The molecule has 3 rings (SSSR count). The van der Waals surface area contributed by atoms with Crippen LogP contribution in [-0.2, 0) is 0 Å². The maximum Gasteiger partial charge on any atom is 0.140 e. The number of nitrogens with one attached hydrogen (secondary N) is 1. The Hall–Kier alpha value is -3.19. The number of nitriles is 1. The highest BCUT2D eigenvalue weighted by Gasteiger charge is 2.15. The van der Waals surface area contributed by atoms with E-state index in [-0.39, 0.29) is 6.04 Å². The van der Waals surface area contributed by atoms with Gasteiger partial charge in [-0.2, -0.15) is 5.26 Å². The highest BCUT2D eigenvalue weighted by molar-refractivity contribution is 5.48. The van der Waals surface area contributed by atoms with Crippen LogP contribution in [-0.4, -0.2) is 9.97 Å². The van der Waals surface area contributed by atoms with Crippen LogP contribution >= 0.6 is 0 Å². The first-order valence-electron chi connectivity index (χ1n) is 7.36. The van der Waals surface area contributed by atoms with Crippen molar-refractivity contribution in [2.75, 3.05) is 5.32 Å². The van der Waals surface area contributed by atoms with Gasteiger partial charge in [-0.25, -0.2) is 4.98 Å². The SMILES string of the molecule is Cc1cccc([C@H](Nc2ccc(C#N)nc2)c2ccccn2)c1. The quantitative estimate of drug-likeness (QED) is 0.794. The van der Waals surface area contributed by atoms with E-state index in [0.29, 0.717) is 5.69 Å². The van der Waals surface area contributed by atoms with Crippen LogP contribution in [0.2, 0.25) is 0 Å². The third kappa shape index (κ3) is 3.53. The molecule has 0 spiro atoms. The zero-order chi connectivity index (χ0) is 16.1. The van der Waals surface area contributed by atoms with Crippen molar-refractivity contribution in [1.29, 1.82) is 5.26 Å². The molecule has 0 aliphatic carbocycles. The maximum atomic E-state index is 8.85. The van der Waals surface area contributed by atoms with E-state index in [1.54, 1.807) is 18.5 Å². The molecule has 0 bridgehead atoms. The minimum Gasteiger partial charge on any atom is -0.372 e. The van der Waals surface area contributed by atoms with E-state index in [0.717, 1.165) is 16.9 Å². The fourth-order valence-corrected chi connectivity index (χ4v) is 2.44. The lowest BCUT2D eigenvalue weighted by Crippen LogP contribution is -2.14. The number of pyridine rings is 2. The van der Waals surface area contributed by atoms with Crippen LogP contribution in [0.1, 0.15) is 28.6 Å². The Kier molecular flexibility index (Phi) is 4.30. The first-order chi connectivity index (χ1) is 11.3. The Bertz CT molecular complexity index is 820. The van der Waals surface area contributed by atoms with Gasteiger partial charge in [0.2, 0.25) is 0 Å². The summed E-state index contributed by atoms with van der Waals surface area (Å²) in [5, 5.41) is 12.3. The smallest absolute Gasteiger partial charge is 0.140 e. The van der Waals surface area contributed by atoms with Crippen molar-refractivity contribution in [3.63, 3.8) is 0 Å². The van der Waals surface area contributed by atoms with E-state index in [2.05, 4.69) is 40.4 Å². The predicted octanol–water partition coefficient (Wildman–Crippen LogP) is 3.86. The van der Waals surface area contributed by atoms with Gasteiger partial charge in [0.15, 0.2) is 0 Å². The molecule has 0 unspecified atom stereocenters. The summed E-state index contributed by atoms with van der Waals surface area (Å²) >= 11 is 0. The average Bonchev–Trinajstić information content (AvgIpc) is 2.61. The average molecular weight is 300 g/mol. The van der Waals surface area contributed by atoms with Crippen LogP contribution in [0.5, 0.6) is 0 Å². The van der Waals surface area contributed by atoms with Crippen molar-refractivity contribution in [1.82, 2.24) is 9.97 Å². The molecule has 0 saturated carbocycles. The zero-order valence-corrected chi connectivity index (χ0v) is 12.8. The molecule has 0 saturated heterocycles. The van der Waals surface area contributed by atoms with Crippen LogP contribution in [0.3, 0.4) is 0 Å². The van der Waals surface area contributed by atoms with Gasteiger partial charge in [0, 0.05) is 6.20 Å². The van der Waals surface area contributed by atoms with E-state index in [1.807, 2.05) is 36.4 Å². The summed E-state index contributed by atoms with van der Waals surface area (Å²) in [5.41, 5.74) is 4.51. The number of anilines is 1. The molecule has 2 heterocycles. The predicted molar refractivity (Wildman–Crippen MR) is 89.8 cm³/mol. The van der Waals surface area contributed by atoms with Gasteiger partial charge < -0.3 is 5.32 Å². The Balaban J connectivity index is 1.96. The van der Waals surface area contributed by atoms with E-state index in [9.17, 15) is 0 Å². The second-order valence-electron chi connectivity index (χ2n) is 5.29. The van der Waals surface area contributed by atoms with Gasteiger partial charge in [0.1, 0.15) is 11.8 Å². The zero-order valence-electron chi connectivity index (χ0n) is 12.8. The minimum atomic E-state index is -0.0779. The van der Waals surface area contributed by atoms with Gasteiger partial charge in [-0.15, -0.1) is 0 Å². The molecule has 23 heavy (non-hydrogen) atoms. The second kappa shape index (κ2) is 6.71. The molecule has 0 radical (unpaired) electrons. The molecule has 1 atom stereocenters. The summed E-state index contributed by atoms with van der Waals surface area (Å²) in [6.45, 7) is 2.07. The van der Waals surface area contributed by atoms with Crippen molar-refractivity contribution in [3.8, 4) is 6.07 Å². The summed E-state index contributed by atoms with van der Waals surface area (Å²) in [7, 11) is 0. The van der Waals surface area contributed by atoms with E-state index < -0.39 is 0 Å². The largest absolute Gasteiger partial charge is 0.372 e. The lowest BCUT2D eigenvalue weighted by molar-refractivity contribution is 0.883.